The fraction of sp³-hybridized carbons (Fsp3) is 0.167. The summed E-state index contributed by atoms with van der Waals surface area (Å²) in [4.78, 5) is 6.45. The number of hydrogen-bond donors (Lipinski definition) is 0. The summed E-state index contributed by atoms with van der Waals surface area (Å²) >= 11 is 0. The molecule has 2 heteroatoms. The van der Waals surface area contributed by atoms with Crippen molar-refractivity contribution in [3.63, 3.8) is 0 Å². The van der Waals surface area contributed by atoms with Gasteiger partial charge in [-0.15, -0.1) is 6.58 Å². The summed E-state index contributed by atoms with van der Waals surface area (Å²) in [7, 11) is 0. The van der Waals surface area contributed by atoms with E-state index in [0.717, 1.165) is 19.5 Å². The Kier molecular flexibility index (Phi) is 6.77. The molecule has 0 aliphatic carbocycles. The summed E-state index contributed by atoms with van der Waals surface area (Å²) in [5.41, 5.74) is 3.63. The molecule has 0 saturated heterocycles. The maximum Gasteiger partial charge on any atom is 0.108 e. The van der Waals surface area contributed by atoms with Crippen molar-refractivity contribution in [3.05, 3.63) is 120 Å². The molecular weight excluding hydrogens is 318 g/mol. The van der Waals surface area contributed by atoms with Crippen LogP contribution in [-0.2, 0) is 17.9 Å². The van der Waals surface area contributed by atoms with Crippen molar-refractivity contribution >= 4 is 0 Å². The van der Waals surface area contributed by atoms with E-state index in [1.165, 1.54) is 16.7 Å². The van der Waals surface area contributed by atoms with Crippen molar-refractivity contribution in [3.8, 4) is 0 Å². The fourth-order valence-corrected chi connectivity index (χ4v) is 2.94. The molecule has 0 N–H and O–H groups in total. The number of hydrogen-bond acceptors (Lipinski definition) is 2. The first kappa shape index (κ1) is 18.1. The minimum absolute atomic E-state index is 0.0406. The molecular formula is C24H25NO. The van der Waals surface area contributed by atoms with Gasteiger partial charge in [-0.3, -0.25) is 4.84 Å². The second-order valence-electron chi connectivity index (χ2n) is 6.30. The molecule has 3 rings (SSSR count). The van der Waals surface area contributed by atoms with Crippen LogP contribution in [0.5, 0.6) is 0 Å². The van der Waals surface area contributed by atoms with Crippen LogP contribution in [0, 0.1) is 0 Å². The predicted octanol–water partition coefficient (Wildman–Crippen LogP) is 5.94. The van der Waals surface area contributed by atoms with Gasteiger partial charge in [-0.1, -0.05) is 97.1 Å². The first-order valence-corrected chi connectivity index (χ1v) is 9.00. The maximum atomic E-state index is 6.45. The van der Waals surface area contributed by atoms with Gasteiger partial charge in [0.15, 0.2) is 0 Å². The van der Waals surface area contributed by atoms with Crippen LogP contribution in [0.2, 0.25) is 0 Å². The van der Waals surface area contributed by atoms with Crippen LogP contribution in [0.4, 0.5) is 0 Å². The molecule has 0 saturated carbocycles. The van der Waals surface area contributed by atoms with Crippen molar-refractivity contribution in [1.82, 2.24) is 5.06 Å². The Hall–Kier alpha value is -2.68. The SMILES string of the molecule is C=CCC(ON(Cc1ccccc1)Cc1ccccc1)c1ccccc1. The Bertz CT molecular complexity index is 730. The molecule has 0 heterocycles. The highest BCUT2D eigenvalue weighted by atomic mass is 16.7. The Morgan fingerprint density at radius 2 is 1.19 bits per heavy atom. The van der Waals surface area contributed by atoms with E-state index in [2.05, 4.69) is 67.2 Å². The molecule has 132 valence electrons. The van der Waals surface area contributed by atoms with Crippen molar-refractivity contribution in [2.24, 2.45) is 0 Å². The van der Waals surface area contributed by atoms with E-state index >= 15 is 0 Å². The highest BCUT2D eigenvalue weighted by molar-refractivity contribution is 5.19. The van der Waals surface area contributed by atoms with E-state index in [1.807, 2.05) is 41.5 Å². The van der Waals surface area contributed by atoms with Gasteiger partial charge in [-0.25, -0.2) is 0 Å². The second-order valence-corrected chi connectivity index (χ2v) is 6.30. The molecule has 0 spiro atoms. The zero-order valence-corrected chi connectivity index (χ0v) is 15.0. The summed E-state index contributed by atoms with van der Waals surface area (Å²) in [6.07, 6.45) is 2.64. The molecule has 3 aromatic carbocycles. The van der Waals surface area contributed by atoms with E-state index in [9.17, 15) is 0 Å². The van der Waals surface area contributed by atoms with E-state index < -0.39 is 0 Å². The number of nitrogens with zero attached hydrogens (tertiary/aromatic N) is 1. The van der Waals surface area contributed by atoms with Crippen LogP contribution in [0.1, 0.15) is 29.2 Å². The van der Waals surface area contributed by atoms with E-state index in [-0.39, 0.29) is 6.10 Å². The van der Waals surface area contributed by atoms with E-state index in [1.54, 1.807) is 0 Å². The highest BCUT2D eigenvalue weighted by Crippen LogP contribution is 2.25. The van der Waals surface area contributed by atoms with Crippen LogP contribution in [0.15, 0.2) is 104 Å². The molecule has 1 unspecified atom stereocenters. The molecule has 26 heavy (non-hydrogen) atoms. The van der Waals surface area contributed by atoms with Gasteiger partial charge in [-0.2, -0.15) is 5.06 Å². The number of hydroxylamine groups is 2. The first-order valence-electron chi connectivity index (χ1n) is 9.00. The van der Waals surface area contributed by atoms with Gasteiger partial charge in [0.2, 0.25) is 0 Å². The van der Waals surface area contributed by atoms with Crippen LogP contribution in [-0.4, -0.2) is 5.06 Å². The van der Waals surface area contributed by atoms with Gasteiger partial charge < -0.3 is 0 Å². The number of benzene rings is 3. The van der Waals surface area contributed by atoms with Gasteiger partial charge in [0, 0.05) is 13.1 Å². The third-order valence-electron chi connectivity index (χ3n) is 4.23. The lowest BCUT2D eigenvalue weighted by atomic mass is 10.1. The molecule has 0 bridgehead atoms. The molecule has 0 fully saturated rings. The van der Waals surface area contributed by atoms with Gasteiger partial charge >= 0.3 is 0 Å². The van der Waals surface area contributed by atoms with Crippen LogP contribution >= 0.6 is 0 Å². The molecule has 1 atom stereocenters. The average molecular weight is 343 g/mol. The molecule has 0 aliphatic heterocycles. The lowest BCUT2D eigenvalue weighted by molar-refractivity contribution is -0.213. The van der Waals surface area contributed by atoms with Crippen LogP contribution in [0.3, 0.4) is 0 Å². The minimum Gasteiger partial charge on any atom is -0.290 e. The summed E-state index contributed by atoms with van der Waals surface area (Å²) in [5, 5.41) is 2.05. The second kappa shape index (κ2) is 9.71. The van der Waals surface area contributed by atoms with Gasteiger partial charge in [0.05, 0.1) is 0 Å². The minimum atomic E-state index is -0.0406. The third-order valence-corrected chi connectivity index (χ3v) is 4.23. The molecule has 2 nitrogen and oxygen atoms in total. The smallest absolute Gasteiger partial charge is 0.108 e. The van der Waals surface area contributed by atoms with Crippen molar-refractivity contribution < 1.29 is 4.84 Å². The molecule has 0 radical (unpaired) electrons. The summed E-state index contributed by atoms with van der Waals surface area (Å²) in [6, 6.07) is 31.2. The monoisotopic (exact) mass is 343 g/mol. The fourth-order valence-electron chi connectivity index (χ4n) is 2.94. The zero-order chi connectivity index (χ0) is 18.0. The van der Waals surface area contributed by atoms with Crippen LogP contribution in [0.25, 0.3) is 0 Å². The molecule has 0 amide bonds. The van der Waals surface area contributed by atoms with Crippen molar-refractivity contribution in [2.45, 2.75) is 25.6 Å². The Morgan fingerprint density at radius 1 is 0.731 bits per heavy atom. The van der Waals surface area contributed by atoms with Crippen LogP contribution < -0.4 is 0 Å². The quantitative estimate of drug-likeness (QED) is 0.352. The lowest BCUT2D eigenvalue weighted by Crippen LogP contribution is -2.25. The van der Waals surface area contributed by atoms with E-state index in [4.69, 9.17) is 4.84 Å². The predicted molar refractivity (Wildman–Crippen MR) is 107 cm³/mol. The average Bonchev–Trinajstić information content (AvgIpc) is 2.70. The molecule has 0 aromatic heterocycles. The number of rotatable bonds is 9. The summed E-state index contributed by atoms with van der Waals surface area (Å²) in [6.45, 7) is 5.37. The van der Waals surface area contributed by atoms with Crippen molar-refractivity contribution in [1.29, 1.82) is 0 Å². The third kappa shape index (κ3) is 5.41. The molecule has 3 aromatic rings. The summed E-state index contributed by atoms with van der Waals surface area (Å²) in [5.74, 6) is 0. The standard InChI is InChI=1S/C24H25NO/c1-2-12-24(23-17-10-5-11-18-23)26-25(19-21-13-6-3-7-14-21)20-22-15-8-4-9-16-22/h2-11,13-18,24H,1,12,19-20H2. The van der Waals surface area contributed by atoms with Gasteiger partial charge in [0.1, 0.15) is 6.10 Å². The Morgan fingerprint density at radius 3 is 1.65 bits per heavy atom. The largest absolute Gasteiger partial charge is 0.290 e. The normalized spacial score (nSPS) is 12.0. The van der Waals surface area contributed by atoms with Crippen molar-refractivity contribution in [2.75, 3.05) is 0 Å². The Labute approximate surface area is 156 Å². The summed E-state index contributed by atoms with van der Waals surface area (Å²) < 4.78 is 0. The zero-order valence-electron chi connectivity index (χ0n) is 15.0. The lowest BCUT2D eigenvalue weighted by Gasteiger charge is -2.27. The molecule has 0 aliphatic rings. The first-order chi connectivity index (χ1) is 12.8. The highest BCUT2D eigenvalue weighted by Gasteiger charge is 2.17. The van der Waals surface area contributed by atoms with Gasteiger partial charge in [-0.05, 0) is 23.1 Å². The topological polar surface area (TPSA) is 12.5 Å². The van der Waals surface area contributed by atoms with Gasteiger partial charge in [0.25, 0.3) is 0 Å². The maximum absolute atomic E-state index is 6.45. The Balaban J connectivity index is 1.79. The van der Waals surface area contributed by atoms with E-state index in [0.29, 0.717) is 0 Å².